The van der Waals surface area contributed by atoms with Crippen LogP contribution in [0.1, 0.15) is 38.1 Å². The highest BCUT2D eigenvalue weighted by atomic mass is 35.5. The molecule has 0 radical (unpaired) electrons. The van der Waals surface area contributed by atoms with Gasteiger partial charge in [-0.2, -0.15) is 0 Å². The first kappa shape index (κ1) is 15.8. The molecule has 1 aromatic heterocycles. The normalized spacial score (nSPS) is 11.9. The molecule has 2 rings (SSSR count). The summed E-state index contributed by atoms with van der Waals surface area (Å²) in [5.74, 6) is 1.35. The summed E-state index contributed by atoms with van der Waals surface area (Å²) in [4.78, 5) is 1.47. The molecule has 0 amide bonds. The summed E-state index contributed by atoms with van der Waals surface area (Å²) in [7, 11) is 0. The van der Waals surface area contributed by atoms with Gasteiger partial charge < -0.3 is 5.32 Å². The lowest BCUT2D eigenvalue weighted by molar-refractivity contribution is 0.552. The highest BCUT2D eigenvalue weighted by Gasteiger charge is 2.13. The van der Waals surface area contributed by atoms with Crippen molar-refractivity contribution in [2.24, 2.45) is 11.8 Å². The number of nitrogens with one attached hydrogen (secondary N) is 1. The van der Waals surface area contributed by atoms with Gasteiger partial charge in [0.2, 0.25) is 0 Å². The van der Waals surface area contributed by atoms with Gasteiger partial charge in [0.1, 0.15) is 0 Å². The van der Waals surface area contributed by atoms with Crippen LogP contribution in [0, 0.1) is 11.8 Å². The Morgan fingerprint density at radius 1 is 1.15 bits per heavy atom. The molecule has 0 bridgehead atoms. The van der Waals surface area contributed by atoms with Crippen molar-refractivity contribution in [2.45, 2.75) is 40.7 Å². The standard InChI is InChI=1S/C17H24ClNS/c1-11(2)7-14-15-8-13(18)5-6-16(15)20-17(14)10-19-9-12(3)4/h5-6,8,11-12,19H,7,9-10H2,1-4H3. The summed E-state index contributed by atoms with van der Waals surface area (Å²) >= 11 is 8.08. The minimum atomic E-state index is 0.663. The van der Waals surface area contributed by atoms with Crippen molar-refractivity contribution in [1.29, 1.82) is 0 Å². The molecular weight excluding hydrogens is 286 g/mol. The molecule has 0 saturated heterocycles. The maximum Gasteiger partial charge on any atom is 0.0413 e. The fourth-order valence-corrected chi connectivity index (χ4v) is 3.78. The Labute approximate surface area is 131 Å². The molecule has 1 aromatic carbocycles. The van der Waals surface area contributed by atoms with Crippen molar-refractivity contribution in [2.75, 3.05) is 6.54 Å². The fraction of sp³-hybridized carbons (Fsp3) is 0.529. The van der Waals surface area contributed by atoms with Crippen LogP contribution in [-0.4, -0.2) is 6.54 Å². The average Bonchev–Trinajstić information content (AvgIpc) is 2.66. The monoisotopic (exact) mass is 309 g/mol. The molecule has 0 saturated carbocycles. The Hall–Kier alpha value is -0.570. The molecule has 3 heteroatoms. The third-order valence-electron chi connectivity index (χ3n) is 3.29. The van der Waals surface area contributed by atoms with Gasteiger partial charge in [-0.25, -0.2) is 0 Å². The van der Waals surface area contributed by atoms with Crippen LogP contribution in [0.3, 0.4) is 0 Å². The largest absolute Gasteiger partial charge is 0.312 e. The van der Waals surface area contributed by atoms with Gasteiger partial charge in [0.25, 0.3) is 0 Å². The Kier molecular flexibility index (Phi) is 5.48. The van der Waals surface area contributed by atoms with Gasteiger partial charge in [-0.05, 0) is 54.0 Å². The molecule has 20 heavy (non-hydrogen) atoms. The SMILES string of the molecule is CC(C)CNCc1sc2ccc(Cl)cc2c1CC(C)C. The van der Waals surface area contributed by atoms with Gasteiger partial charge in [0, 0.05) is 21.1 Å². The second-order valence-electron chi connectivity index (χ2n) is 6.27. The van der Waals surface area contributed by atoms with Crippen LogP contribution in [0.5, 0.6) is 0 Å². The maximum absolute atomic E-state index is 6.17. The summed E-state index contributed by atoms with van der Waals surface area (Å²) < 4.78 is 1.35. The summed E-state index contributed by atoms with van der Waals surface area (Å²) in [5.41, 5.74) is 1.48. The highest BCUT2D eigenvalue weighted by molar-refractivity contribution is 7.19. The number of fused-ring (bicyclic) bond motifs is 1. The molecule has 0 aliphatic rings. The molecule has 1 N–H and O–H groups in total. The van der Waals surface area contributed by atoms with E-state index < -0.39 is 0 Å². The number of hydrogen-bond acceptors (Lipinski definition) is 2. The minimum Gasteiger partial charge on any atom is -0.312 e. The van der Waals surface area contributed by atoms with E-state index in [0.717, 1.165) is 24.5 Å². The third kappa shape index (κ3) is 3.97. The summed E-state index contributed by atoms with van der Waals surface area (Å²) in [5, 5.41) is 5.75. The number of benzene rings is 1. The average molecular weight is 310 g/mol. The van der Waals surface area contributed by atoms with E-state index in [0.29, 0.717) is 11.8 Å². The van der Waals surface area contributed by atoms with E-state index in [9.17, 15) is 0 Å². The second-order valence-corrected chi connectivity index (χ2v) is 7.84. The van der Waals surface area contributed by atoms with Gasteiger partial charge >= 0.3 is 0 Å². The van der Waals surface area contributed by atoms with Crippen molar-refractivity contribution in [3.05, 3.63) is 33.7 Å². The summed E-state index contributed by atoms with van der Waals surface area (Å²) in [6, 6.07) is 6.26. The van der Waals surface area contributed by atoms with Crippen LogP contribution < -0.4 is 5.32 Å². The van der Waals surface area contributed by atoms with E-state index in [1.54, 1.807) is 0 Å². The lowest BCUT2D eigenvalue weighted by atomic mass is 10.00. The van der Waals surface area contributed by atoms with E-state index in [-0.39, 0.29) is 0 Å². The highest BCUT2D eigenvalue weighted by Crippen LogP contribution is 2.34. The number of hydrogen-bond donors (Lipinski definition) is 1. The number of halogens is 1. The van der Waals surface area contributed by atoms with Crippen LogP contribution in [0.25, 0.3) is 10.1 Å². The molecule has 0 spiro atoms. The third-order valence-corrected chi connectivity index (χ3v) is 4.74. The molecule has 2 aromatic rings. The topological polar surface area (TPSA) is 12.0 Å². The molecule has 1 nitrogen and oxygen atoms in total. The predicted octanol–water partition coefficient (Wildman–Crippen LogP) is 5.50. The Morgan fingerprint density at radius 2 is 1.90 bits per heavy atom. The van der Waals surface area contributed by atoms with Crippen LogP contribution in [0.2, 0.25) is 5.02 Å². The molecular formula is C17H24ClNS. The second kappa shape index (κ2) is 6.93. The van der Waals surface area contributed by atoms with Crippen molar-refractivity contribution < 1.29 is 0 Å². The van der Waals surface area contributed by atoms with Crippen LogP contribution in [-0.2, 0) is 13.0 Å². The molecule has 0 aliphatic carbocycles. The molecule has 110 valence electrons. The first-order valence-corrected chi connectivity index (χ1v) is 8.57. The van der Waals surface area contributed by atoms with E-state index in [1.165, 1.54) is 20.5 Å². The fourth-order valence-electron chi connectivity index (χ4n) is 2.42. The van der Waals surface area contributed by atoms with E-state index in [1.807, 2.05) is 17.4 Å². The van der Waals surface area contributed by atoms with Crippen LogP contribution >= 0.6 is 22.9 Å². The lowest BCUT2D eigenvalue weighted by Gasteiger charge is -2.10. The van der Waals surface area contributed by atoms with E-state index >= 15 is 0 Å². The van der Waals surface area contributed by atoms with Gasteiger partial charge in [-0.1, -0.05) is 39.3 Å². The zero-order valence-electron chi connectivity index (χ0n) is 12.8. The van der Waals surface area contributed by atoms with Crippen molar-refractivity contribution in [3.8, 4) is 0 Å². The smallest absolute Gasteiger partial charge is 0.0413 e. The predicted molar refractivity (Wildman–Crippen MR) is 91.9 cm³/mol. The van der Waals surface area contributed by atoms with Crippen molar-refractivity contribution in [1.82, 2.24) is 5.32 Å². The van der Waals surface area contributed by atoms with Crippen LogP contribution in [0.15, 0.2) is 18.2 Å². The zero-order chi connectivity index (χ0) is 14.7. The summed E-state index contributed by atoms with van der Waals surface area (Å²) in [6.45, 7) is 11.1. The molecule has 1 heterocycles. The molecule has 0 fully saturated rings. The molecule has 0 aliphatic heterocycles. The van der Waals surface area contributed by atoms with Crippen LogP contribution in [0.4, 0.5) is 0 Å². The van der Waals surface area contributed by atoms with Crippen molar-refractivity contribution in [3.63, 3.8) is 0 Å². The van der Waals surface area contributed by atoms with Crippen molar-refractivity contribution >= 4 is 33.0 Å². The number of thiophene rings is 1. The quantitative estimate of drug-likeness (QED) is 0.743. The first-order valence-electron chi connectivity index (χ1n) is 7.38. The van der Waals surface area contributed by atoms with E-state index in [4.69, 9.17) is 11.6 Å². The van der Waals surface area contributed by atoms with Gasteiger partial charge in [-0.15, -0.1) is 11.3 Å². The maximum atomic E-state index is 6.17. The molecule has 0 atom stereocenters. The Bertz CT molecular complexity index is 572. The van der Waals surface area contributed by atoms with Gasteiger partial charge in [-0.3, -0.25) is 0 Å². The minimum absolute atomic E-state index is 0.663. The van der Waals surface area contributed by atoms with Gasteiger partial charge in [0.05, 0.1) is 0 Å². The zero-order valence-corrected chi connectivity index (χ0v) is 14.4. The Balaban J connectivity index is 2.31. The number of rotatable bonds is 6. The summed E-state index contributed by atoms with van der Waals surface area (Å²) in [6.07, 6.45) is 1.12. The molecule has 0 unspecified atom stereocenters. The Morgan fingerprint density at radius 3 is 2.55 bits per heavy atom. The van der Waals surface area contributed by atoms with Gasteiger partial charge in [0.15, 0.2) is 0 Å². The van der Waals surface area contributed by atoms with E-state index in [2.05, 4.69) is 45.1 Å². The lowest BCUT2D eigenvalue weighted by Crippen LogP contribution is -2.19. The first-order chi connectivity index (χ1) is 9.47.